The topological polar surface area (TPSA) is 120 Å². The summed E-state index contributed by atoms with van der Waals surface area (Å²) < 4.78 is 18.7. The van der Waals surface area contributed by atoms with E-state index in [0.717, 1.165) is 9.37 Å². The first-order valence-electron chi connectivity index (χ1n) is 9.19. The van der Waals surface area contributed by atoms with Crippen LogP contribution in [0.5, 0.6) is 0 Å². The molecule has 4 N–H and O–H groups in total. The maximum atomic E-state index is 9.48. The molecule has 3 heterocycles. The Morgan fingerprint density at radius 2 is 2.35 bits per heavy atom. The summed E-state index contributed by atoms with van der Waals surface area (Å²) in [4.78, 5) is 4.97. The van der Waals surface area contributed by atoms with Gasteiger partial charge >= 0.3 is 0 Å². The molecule has 2 aliphatic heterocycles. The molecular weight excluding hydrogens is 526 g/mol. The minimum absolute atomic E-state index is 0.137. The molecule has 0 radical (unpaired) electrons. The molecule has 0 spiro atoms. The summed E-state index contributed by atoms with van der Waals surface area (Å²) in [5.41, 5.74) is 6.73. The van der Waals surface area contributed by atoms with Crippen molar-refractivity contribution in [3.63, 3.8) is 0 Å². The average molecular weight is 545 g/mol. The Labute approximate surface area is 201 Å². The molecule has 0 amide bonds. The highest BCUT2D eigenvalue weighted by molar-refractivity contribution is 9.10. The third kappa shape index (κ3) is 4.72. The molecule has 2 fully saturated rings. The van der Waals surface area contributed by atoms with Gasteiger partial charge in [-0.3, -0.25) is 0 Å². The molecule has 2 aliphatic rings. The second-order valence-corrected chi connectivity index (χ2v) is 10.2. The predicted molar refractivity (Wildman–Crippen MR) is 123 cm³/mol. The van der Waals surface area contributed by atoms with Crippen LogP contribution >= 0.6 is 50.6 Å². The van der Waals surface area contributed by atoms with E-state index in [4.69, 9.17) is 37.4 Å². The van der Waals surface area contributed by atoms with Gasteiger partial charge in [0.15, 0.2) is 0 Å². The fourth-order valence-corrected chi connectivity index (χ4v) is 6.18. The van der Waals surface area contributed by atoms with Crippen LogP contribution in [0.1, 0.15) is 10.6 Å². The van der Waals surface area contributed by atoms with Gasteiger partial charge in [-0.05, 0) is 18.2 Å². The standard InChI is InChI=1S/C19H19BrClN5O3S2/c1-27-17-15(26(24)6-11(23)18-25-14(21)8-30-18)16-12(7-28-16)29-19(17)31-13-4-10(20)3-2-9(13)5-22/h2-4,6,8,12,15-17,19H,7,23-24H2,1H3/b11-6-. The largest absolute Gasteiger partial charge is 0.395 e. The third-order valence-corrected chi connectivity index (χ3v) is 7.92. The van der Waals surface area contributed by atoms with Crippen LogP contribution in [0.4, 0.5) is 0 Å². The summed E-state index contributed by atoms with van der Waals surface area (Å²) in [6.07, 6.45) is 0.749. The van der Waals surface area contributed by atoms with Crippen molar-refractivity contribution >= 4 is 56.3 Å². The Hall–Kier alpha value is -1.36. The maximum Gasteiger partial charge on any atom is 0.142 e. The van der Waals surface area contributed by atoms with Gasteiger partial charge in [0.05, 0.1) is 17.9 Å². The lowest BCUT2D eigenvalue weighted by atomic mass is 9.93. The first kappa shape index (κ1) is 22.8. The molecule has 0 bridgehead atoms. The summed E-state index contributed by atoms with van der Waals surface area (Å²) in [5, 5.41) is 13.6. The quantitative estimate of drug-likeness (QED) is 0.417. The molecule has 0 aliphatic carbocycles. The molecule has 1 aromatic heterocycles. The number of fused-ring (bicyclic) bond motifs is 1. The number of nitrogens with two attached hydrogens (primary N) is 2. The van der Waals surface area contributed by atoms with Crippen LogP contribution in [0.25, 0.3) is 5.70 Å². The van der Waals surface area contributed by atoms with Gasteiger partial charge < -0.3 is 25.0 Å². The van der Waals surface area contributed by atoms with Crippen molar-refractivity contribution < 1.29 is 14.2 Å². The van der Waals surface area contributed by atoms with E-state index in [1.165, 1.54) is 28.1 Å². The number of thiazole rings is 1. The Balaban J connectivity index is 1.60. The van der Waals surface area contributed by atoms with Crippen LogP contribution in [0, 0.1) is 11.3 Å². The zero-order valence-corrected chi connectivity index (χ0v) is 20.2. The van der Waals surface area contributed by atoms with Gasteiger partial charge in [-0.25, -0.2) is 10.8 Å². The molecule has 8 nitrogen and oxygen atoms in total. The fraction of sp³-hybridized carbons (Fsp3) is 0.368. The summed E-state index contributed by atoms with van der Waals surface area (Å²) in [6.45, 7) is 0.466. The summed E-state index contributed by atoms with van der Waals surface area (Å²) in [5.74, 6) is 6.42. The van der Waals surface area contributed by atoms with Crippen molar-refractivity contribution in [1.82, 2.24) is 9.99 Å². The summed E-state index contributed by atoms with van der Waals surface area (Å²) >= 11 is 12.1. The number of nitriles is 1. The molecule has 2 saturated heterocycles. The van der Waals surface area contributed by atoms with Gasteiger partial charge in [0.25, 0.3) is 0 Å². The molecule has 5 atom stereocenters. The Morgan fingerprint density at radius 3 is 2.97 bits per heavy atom. The monoisotopic (exact) mass is 543 g/mol. The number of rotatable bonds is 6. The molecule has 5 unspecified atom stereocenters. The number of hydrazine groups is 1. The third-order valence-electron chi connectivity index (χ3n) is 5.00. The van der Waals surface area contributed by atoms with E-state index in [9.17, 15) is 5.26 Å². The lowest BCUT2D eigenvalue weighted by molar-refractivity contribution is -0.272. The highest BCUT2D eigenvalue weighted by atomic mass is 79.9. The lowest BCUT2D eigenvalue weighted by Crippen LogP contribution is -2.70. The van der Waals surface area contributed by atoms with Crippen molar-refractivity contribution in [3.8, 4) is 6.07 Å². The van der Waals surface area contributed by atoms with Crippen molar-refractivity contribution in [2.24, 2.45) is 11.6 Å². The van der Waals surface area contributed by atoms with Gasteiger partial charge in [-0.15, -0.1) is 11.3 Å². The minimum atomic E-state index is -0.453. The van der Waals surface area contributed by atoms with E-state index in [1.807, 2.05) is 12.1 Å². The summed E-state index contributed by atoms with van der Waals surface area (Å²) in [7, 11) is 1.60. The molecule has 1 aromatic carbocycles. The normalized spacial score (nSPS) is 27.8. The number of aromatic nitrogens is 1. The smallest absolute Gasteiger partial charge is 0.142 e. The highest BCUT2D eigenvalue weighted by Crippen LogP contribution is 2.41. The van der Waals surface area contributed by atoms with Crippen molar-refractivity contribution in [1.29, 1.82) is 5.26 Å². The number of hydrogen-bond acceptors (Lipinski definition) is 10. The SMILES string of the molecule is COC1C(Sc2cc(Br)ccc2C#N)OC2COC2C1N(N)/C=C(\N)c1nc(Cl)cs1. The second-order valence-electron chi connectivity index (χ2n) is 6.91. The Bertz CT molecular complexity index is 1030. The van der Waals surface area contributed by atoms with E-state index >= 15 is 0 Å². The molecule has 4 rings (SSSR count). The number of methoxy groups -OCH3 is 1. The molecular formula is C19H19BrClN5O3S2. The van der Waals surface area contributed by atoms with Gasteiger partial charge in [0.1, 0.15) is 46.0 Å². The molecule has 164 valence electrons. The van der Waals surface area contributed by atoms with Crippen LogP contribution in [0.15, 0.2) is 39.1 Å². The van der Waals surface area contributed by atoms with E-state index in [2.05, 4.69) is 27.0 Å². The molecule has 0 saturated carbocycles. The fourth-order valence-electron chi connectivity index (χ4n) is 3.50. The van der Waals surface area contributed by atoms with Crippen molar-refractivity contribution in [2.75, 3.05) is 13.7 Å². The number of nitrogens with zero attached hydrogens (tertiary/aromatic N) is 3. The van der Waals surface area contributed by atoms with Crippen LogP contribution < -0.4 is 11.6 Å². The van der Waals surface area contributed by atoms with Gasteiger partial charge in [-0.1, -0.05) is 39.3 Å². The molecule has 31 heavy (non-hydrogen) atoms. The number of halogens is 2. The van der Waals surface area contributed by atoms with E-state index in [-0.39, 0.29) is 18.2 Å². The number of benzene rings is 1. The van der Waals surface area contributed by atoms with Crippen LogP contribution in [-0.2, 0) is 14.2 Å². The summed E-state index contributed by atoms with van der Waals surface area (Å²) in [6, 6.07) is 7.35. The highest BCUT2D eigenvalue weighted by Gasteiger charge is 2.53. The van der Waals surface area contributed by atoms with Crippen LogP contribution in [0.2, 0.25) is 5.15 Å². The number of ether oxygens (including phenoxy) is 3. The zero-order chi connectivity index (χ0) is 22.1. The first-order valence-corrected chi connectivity index (χ1v) is 12.1. The number of thioether (sulfide) groups is 1. The van der Waals surface area contributed by atoms with E-state index in [0.29, 0.717) is 28.0 Å². The second kappa shape index (κ2) is 9.64. The van der Waals surface area contributed by atoms with Crippen LogP contribution in [0.3, 0.4) is 0 Å². The average Bonchev–Trinajstić information content (AvgIpc) is 3.16. The molecule has 2 aromatic rings. The zero-order valence-electron chi connectivity index (χ0n) is 16.3. The lowest BCUT2D eigenvalue weighted by Gasteiger charge is -2.53. The predicted octanol–water partition coefficient (Wildman–Crippen LogP) is 3.16. The Kier molecular flexibility index (Phi) is 7.10. The first-order chi connectivity index (χ1) is 14.9. The minimum Gasteiger partial charge on any atom is -0.395 e. The van der Waals surface area contributed by atoms with Crippen molar-refractivity contribution in [3.05, 3.63) is 50.0 Å². The maximum absolute atomic E-state index is 9.48. The van der Waals surface area contributed by atoms with Crippen molar-refractivity contribution in [2.45, 2.75) is 34.7 Å². The van der Waals surface area contributed by atoms with Gasteiger partial charge in [0, 0.05) is 28.1 Å². The van der Waals surface area contributed by atoms with E-state index < -0.39 is 11.5 Å². The van der Waals surface area contributed by atoms with E-state index in [1.54, 1.807) is 24.8 Å². The number of hydrogen-bond donors (Lipinski definition) is 2. The molecule has 12 heteroatoms. The Morgan fingerprint density at radius 1 is 1.55 bits per heavy atom. The van der Waals surface area contributed by atoms with Crippen LogP contribution in [-0.4, -0.2) is 53.5 Å². The van der Waals surface area contributed by atoms with Gasteiger partial charge in [-0.2, -0.15) is 5.26 Å². The van der Waals surface area contributed by atoms with Gasteiger partial charge in [0.2, 0.25) is 0 Å².